The van der Waals surface area contributed by atoms with E-state index in [9.17, 15) is 0 Å². The second kappa shape index (κ2) is 5.59. The van der Waals surface area contributed by atoms with Crippen molar-refractivity contribution >= 4 is 22.7 Å². The Bertz CT molecular complexity index is 490. The summed E-state index contributed by atoms with van der Waals surface area (Å²) in [5.74, 6) is 0.296. The van der Waals surface area contributed by atoms with E-state index in [-0.39, 0.29) is 0 Å². The fourth-order valence-corrected chi connectivity index (χ4v) is 2.09. The Balaban J connectivity index is 1.93. The van der Waals surface area contributed by atoms with Crippen LogP contribution >= 0.6 is 11.3 Å². The number of anilines is 1. The molecule has 1 N–H and O–H groups in total. The van der Waals surface area contributed by atoms with Crippen molar-refractivity contribution in [1.29, 1.82) is 0 Å². The van der Waals surface area contributed by atoms with Crippen LogP contribution in [0.3, 0.4) is 0 Å². The van der Waals surface area contributed by atoms with E-state index in [0.29, 0.717) is 5.92 Å². The number of nitrogens with one attached hydrogen (secondary N) is 1. The van der Waals surface area contributed by atoms with Crippen molar-refractivity contribution in [2.45, 2.75) is 19.8 Å². The summed E-state index contributed by atoms with van der Waals surface area (Å²) in [5, 5.41) is 7.04. The lowest BCUT2D eigenvalue weighted by Crippen LogP contribution is -1.97. The minimum absolute atomic E-state index is 0.296. The zero-order chi connectivity index (χ0) is 12.1. The van der Waals surface area contributed by atoms with Crippen molar-refractivity contribution in [3.8, 4) is 0 Å². The largest absolute Gasteiger partial charge is 0.253 e. The first-order chi connectivity index (χ1) is 8.25. The molecule has 0 aliphatic carbocycles. The molecule has 0 aliphatic rings. The van der Waals surface area contributed by atoms with Crippen molar-refractivity contribution in [3.05, 3.63) is 47.0 Å². The first-order valence-corrected chi connectivity index (χ1v) is 6.40. The molecule has 4 heteroatoms. The first-order valence-electron chi connectivity index (χ1n) is 5.52. The number of hydrogen-bond acceptors (Lipinski definition) is 4. The predicted molar refractivity (Wildman–Crippen MR) is 73.8 cm³/mol. The van der Waals surface area contributed by atoms with Gasteiger partial charge in [-0.25, -0.2) is 4.98 Å². The summed E-state index contributed by atoms with van der Waals surface area (Å²) in [7, 11) is 0. The molecule has 0 saturated carbocycles. The molecule has 17 heavy (non-hydrogen) atoms. The van der Waals surface area contributed by atoms with Crippen LogP contribution in [0, 0.1) is 6.92 Å². The van der Waals surface area contributed by atoms with Gasteiger partial charge in [-0.1, -0.05) is 37.3 Å². The van der Waals surface area contributed by atoms with Gasteiger partial charge in [-0.3, -0.25) is 5.43 Å². The molecule has 0 aliphatic heterocycles. The van der Waals surface area contributed by atoms with Gasteiger partial charge < -0.3 is 0 Å². The van der Waals surface area contributed by atoms with E-state index in [4.69, 9.17) is 0 Å². The summed E-state index contributed by atoms with van der Waals surface area (Å²) in [5.41, 5.74) is 5.22. The molecule has 0 bridgehead atoms. The Kier molecular flexibility index (Phi) is 3.88. The van der Waals surface area contributed by atoms with Gasteiger partial charge in [-0.2, -0.15) is 5.10 Å². The SMILES string of the molecule is Cc1csc(NN=C[C@@H](C)c2ccccc2)n1. The fraction of sp³-hybridized carbons (Fsp3) is 0.231. The van der Waals surface area contributed by atoms with Crippen LogP contribution in [0.5, 0.6) is 0 Å². The second-order valence-electron chi connectivity index (χ2n) is 3.88. The maximum absolute atomic E-state index is 4.27. The van der Waals surface area contributed by atoms with Gasteiger partial charge in [0.2, 0.25) is 5.13 Å². The minimum Gasteiger partial charge on any atom is -0.253 e. The lowest BCUT2D eigenvalue weighted by atomic mass is 10.0. The Morgan fingerprint density at radius 3 is 2.76 bits per heavy atom. The van der Waals surface area contributed by atoms with Gasteiger partial charge in [-0.15, -0.1) is 11.3 Å². The molecule has 2 aromatic rings. The van der Waals surface area contributed by atoms with Crippen LogP contribution in [-0.4, -0.2) is 11.2 Å². The van der Waals surface area contributed by atoms with Crippen molar-refractivity contribution in [2.75, 3.05) is 5.43 Å². The highest BCUT2D eigenvalue weighted by Crippen LogP contribution is 2.15. The van der Waals surface area contributed by atoms with Crippen LogP contribution in [-0.2, 0) is 0 Å². The zero-order valence-electron chi connectivity index (χ0n) is 9.92. The number of rotatable bonds is 4. The lowest BCUT2D eigenvalue weighted by Gasteiger charge is -2.04. The summed E-state index contributed by atoms with van der Waals surface area (Å²) in [4.78, 5) is 4.27. The highest BCUT2D eigenvalue weighted by molar-refractivity contribution is 7.13. The molecule has 0 unspecified atom stereocenters. The van der Waals surface area contributed by atoms with Crippen LogP contribution in [0.2, 0.25) is 0 Å². The molecule has 0 fully saturated rings. The quantitative estimate of drug-likeness (QED) is 0.659. The highest BCUT2D eigenvalue weighted by atomic mass is 32.1. The van der Waals surface area contributed by atoms with Gasteiger partial charge in [0.25, 0.3) is 0 Å². The van der Waals surface area contributed by atoms with E-state index in [1.54, 1.807) is 11.3 Å². The predicted octanol–water partition coefficient (Wildman–Crippen LogP) is 3.65. The normalized spacial score (nSPS) is 12.8. The topological polar surface area (TPSA) is 37.3 Å². The number of thiazole rings is 1. The molecule has 0 spiro atoms. The molecule has 1 atom stereocenters. The van der Waals surface area contributed by atoms with Crippen LogP contribution in [0.1, 0.15) is 24.1 Å². The van der Waals surface area contributed by atoms with Crippen molar-refractivity contribution in [2.24, 2.45) is 5.10 Å². The zero-order valence-corrected chi connectivity index (χ0v) is 10.7. The fourth-order valence-electron chi connectivity index (χ4n) is 1.45. The van der Waals surface area contributed by atoms with E-state index < -0.39 is 0 Å². The molecule has 88 valence electrons. The van der Waals surface area contributed by atoms with E-state index >= 15 is 0 Å². The van der Waals surface area contributed by atoms with Crippen LogP contribution in [0.25, 0.3) is 0 Å². The van der Waals surface area contributed by atoms with E-state index in [1.165, 1.54) is 5.56 Å². The molecular weight excluding hydrogens is 230 g/mol. The summed E-state index contributed by atoms with van der Waals surface area (Å²) < 4.78 is 0. The average Bonchev–Trinajstić information content (AvgIpc) is 2.76. The monoisotopic (exact) mass is 245 g/mol. The third kappa shape index (κ3) is 3.39. The third-order valence-electron chi connectivity index (χ3n) is 2.40. The summed E-state index contributed by atoms with van der Waals surface area (Å²) in [6.07, 6.45) is 1.89. The average molecular weight is 245 g/mol. The lowest BCUT2D eigenvalue weighted by molar-refractivity contribution is 1.04. The molecule has 0 amide bonds. The standard InChI is InChI=1S/C13H15N3S/c1-10(12-6-4-3-5-7-12)8-14-16-13-15-11(2)9-17-13/h3-10H,1-2H3,(H,15,16)/t10-/m1/s1. The van der Waals surface area contributed by atoms with Gasteiger partial charge in [0.05, 0.1) is 5.69 Å². The van der Waals surface area contributed by atoms with Crippen LogP contribution < -0.4 is 5.43 Å². The maximum atomic E-state index is 4.27. The minimum atomic E-state index is 0.296. The van der Waals surface area contributed by atoms with Crippen molar-refractivity contribution in [3.63, 3.8) is 0 Å². The van der Waals surface area contributed by atoms with Crippen LogP contribution in [0.4, 0.5) is 5.13 Å². The Morgan fingerprint density at radius 2 is 2.12 bits per heavy atom. The number of aromatic nitrogens is 1. The van der Waals surface area contributed by atoms with Crippen molar-refractivity contribution in [1.82, 2.24) is 4.98 Å². The van der Waals surface area contributed by atoms with E-state index in [1.807, 2.05) is 36.7 Å². The smallest absolute Gasteiger partial charge is 0.203 e. The molecule has 2 rings (SSSR count). The molecular formula is C13H15N3S. The second-order valence-corrected chi connectivity index (χ2v) is 4.74. The van der Waals surface area contributed by atoms with Crippen molar-refractivity contribution < 1.29 is 0 Å². The number of benzene rings is 1. The summed E-state index contributed by atoms with van der Waals surface area (Å²) in [6.45, 7) is 4.09. The maximum Gasteiger partial charge on any atom is 0.203 e. The van der Waals surface area contributed by atoms with Gasteiger partial charge in [0, 0.05) is 17.5 Å². The van der Waals surface area contributed by atoms with Gasteiger partial charge in [0.1, 0.15) is 0 Å². The molecule has 0 radical (unpaired) electrons. The molecule has 1 aromatic heterocycles. The summed E-state index contributed by atoms with van der Waals surface area (Å²) in [6, 6.07) is 10.3. The number of hydrogen-bond donors (Lipinski definition) is 1. The number of nitrogens with zero attached hydrogens (tertiary/aromatic N) is 2. The molecule has 1 aromatic carbocycles. The Hall–Kier alpha value is -1.68. The van der Waals surface area contributed by atoms with Gasteiger partial charge in [0.15, 0.2) is 0 Å². The molecule has 1 heterocycles. The van der Waals surface area contributed by atoms with Gasteiger partial charge in [-0.05, 0) is 12.5 Å². The first kappa shape index (κ1) is 11.8. The highest BCUT2D eigenvalue weighted by Gasteiger charge is 2.00. The third-order valence-corrected chi connectivity index (χ3v) is 3.27. The summed E-state index contributed by atoms with van der Waals surface area (Å²) >= 11 is 1.56. The van der Waals surface area contributed by atoms with Gasteiger partial charge >= 0.3 is 0 Å². The number of hydrazone groups is 1. The number of aryl methyl sites for hydroxylation is 1. The van der Waals surface area contributed by atoms with E-state index in [0.717, 1.165) is 10.8 Å². The molecule has 3 nitrogen and oxygen atoms in total. The van der Waals surface area contributed by atoms with Crippen LogP contribution in [0.15, 0.2) is 40.8 Å². The Labute approximate surface area is 105 Å². The molecule has 0 saturated heterocycles. The Morgan fingerprint density at radius 1 is 1.35 bits per heavy atom. The van der Waals surface area contributed by atoms with E-state index in [2.05, 4.69) is 34.6 Å².